The minimum atomic E-state index is -0.338. The fourth-order valence-electron chi connectivity index (χ4n) is 3.35. The molecule has 6 heteroatoms. The Labute approximate surface area is 163 Å². The van der Waals surface area contributed by atoms with Crippen LogP contribution in [0.2, 0.25) is 0 Å². The van der Waals surface area contributed by atoms with Crippen LogP contribution in [-0.2, 0) is 14.3 Å². The topological polar surface area (TPSA) is 67.9 Å². The third-order valence-corrected chi connectivity index (χ3v) is 4.78. The third-order valence-electron chi connectivity index (χ3n) is 4.78. The van der Waals surface area contributed by atoms with Gasteiger partial charge in [-0.1, -0.05) is 42.5 Å². The molecular weight excluding hydrogens is 356 g/mol. The maximum absolute atomic E-state index is 13.0. The predicted molar refractivity (Wildman–Crippen MR) is 106 cm³/mol. The summed E-state index contributed by atoms with van der Waals surface area (Å²) in [6.45, 7) is 1.13. The molecule has 2 amide bonds. The van der Waals surface area contributed by atoms with E-state index in [2.05, 4.69) is 5.32 Å². The molecule has 28 heavy (non-hydrogen) atoms. The Balaban J connectivity index is 1.53. The smallest absolute Gasteiger partial charge is 0.294 e. The van der Waals surface area contributed by atoms with Crippen molar-refractivity contribution >= 4 is 23.6 Å². The van der Waals surface area contributed by atoms with Gasteiger partial charge in [0, 0.05) is 13.2 Å². The van der Waals surface area contributed by atoms with Gasteiger partial charge in [0.15, 0.2) is 11.5 Å². The molecule has 144 valence electrons. The lowest BCUT2D eigenvalue weighted by Crippen LogP contribution is -2.45. The number of carbonyl (C=O) groups is 2. The summed E-state index contributed by atoms with van der Waals surface area (Å²) in [4.78, 5) is 26.9. The molecule has 1 fully saturated rings. The number of benzene rings is 2. The minimum Gasteiger partial charge on any atom is -0.449 e. The molecule has 2 aliphatic heterocycles. The number of rotatable bonds is 5. The third kappa shape index (κ3) is 4.07. The number of nitrogens with one attached hydrogen (secondary N) is 1. The van der Waals surface area contributed by atoms with Crippen LogP contribution in [0.5, 0.6) is 5.75 Å². The average molecular weight is 378 g/mol. The van der Waals surface area contributed by atoms with Gasteiger partial charge in [-0.05, 0) is 36.6 Å². The van der Waals surface area contributed by atoms with Crippen molar-refractivity contribution in [2.45, 2.75) is 18.9 Å². The van der Waals surface area contributed by atoms with Crippen LogP contribution in [0.3, 0.4) is 0 Å². The van der Waals surface area contributed by atoms with Crippen LogP contribution in [0.4, 0.5) is 5.69 Å². The van der Waals surface area contributed by atoms with E-state index in [1.54, 1.807) is 18.2 Å². The molecule has 0 unspecified atom stereocenters. The maximum atomic E-state index is 13.0. The highest BCUT2D eigenvalue weighted by molar-refractivity contribution is 6.12. The fraction of sp³-hybridized carbons (Fsp3) is 0.273. The van der Waals surface area contributed by atoms with Gasteiger partial charge >= 0.3 is 0 Å². The molecule has 0 aromatic heterocycles. The largest absolute Gasteiger partial charge is 0.449 e. The first-order valence-corrected chi connectivity index (χ1v) is 9.44. The van der Waals surface area contributed by atoms with Gasteiger partial charge in [-0.2, -0.15) is 0 Å². The lowest BCUT2D eigenvalue weighted by Gasteiger charge is -2.30. The number of ether oxygens (including phenoxy) is 2. The summed E-state index contributed by atoms with van der Waals surface area (Å²) >= 11 is 0. The number of para-hydroxylation sites is 2. The van der Waals surface area contributed by atoms with E-state index in [0.29, 0.717) is 18.0 Å². The first-order chi connectivity index (χ1) is 13.7. The van der Waals surface area contributed by atoms with E-state index >= 15 is 0 Å². The van der Waals surface area contributed by atoms with Crippen molar-refractivity contribution in [1.82, 2.24) is 5.32 Å². The number of hydrogen-bond acceptors (Lipinski definition) is 4. The maximum Gasteiger partial charge on any atom is 0.294 e. The first-order valence-electron chi connectivity index (χ1n) is 9.44. The Kier molecular flexibility index (Phi) is 5.39. The second-order valence-corrected chi connectivity index (χ2v) is 6.82. The Morgan fingerprint density at radius 1 is 1.14 bits per heavy atom. The van der Waals surface area contributed by atoms with E-state index < -0.39 is 0 Å². The second kappa shape index (κ2) is 8.27. The number of amides is 2. The molecule has 4 rings (SSSR count). The molecule has 1 saturated heterocycles. The Morgan fingerprint density at radius 3 is 2.71 bits per heavy atom. The van der Waals surface area contributed by atoms with E-state index in [-0.39, 0.29) is 30.2 Å². The number of anilines is 1. The van der Waals surface area contributed by atoms with Gasteiger partial charge in [0.25, 0.3) is 5.91 Å². The van der Waals surface area contributed by atoms with E-state index in [0.717, 1.165) is 25.0 Å². The molecule has 2 aliphatic rings. The van der Waals surface area contributed by atoms with Gasteiger partial charge < -0.3 is 14.8 Å². The van der Waals surface area contributed by atoms with Crippen LogP contribution in [0, 0.1) is 0 Å². The summed E-state index contributed by atoms with van der Waals surface area (Å²) < 4.78 is 11.3. The Bertz CT molecular complexity index is 888. The molecule has 6 nitrogen and oxygen atoms in total. The monoisotopic (exact) mass is 378 g/mol. The van der Waals surface area contributed by atoms with E-state index in [1.807, 2.05) is 42.5 Å². The molecule has 1 atom stereocenters. The Hall–Kier alpha value is -3.12. The molecule has 2 aromatic carbocycles. The highest BCUT2D eigenvalue weighted by Crippen LogP contribution is 2.35. The van der Waals surface area contributed by atoms with Crippen molar-refractivity contribution < 1.29 is 19.1 Å². The normalized spacial score (nSPS) is 20.0. The van der Waals surface area contributed by atoms with Crippen molar-refractivity contribution in [3.63, 3.8) is 0 Å². The van der Waals surface area contributed by atoms with Crippen LogP contribution < -0.4 is 15.0 Å². The summed E-state index contributed by atoms with van der Waals surface area (Å²) in [7, 11) is 0. The molecule has 1 N–H and O–H groups in total. The molecule has 0 spiro atoms. The van der Waals surface area contributed by atoms with Gasteiger partial charge in [-0.25, -0.2) is 0 Å². The van der Waals surface area contributed by atoms with Gasteiger partial charge in [0.1, 0.15) is 6.54 Å². The van der Waals surface area contributed by atoms with E-state index in [4.69, 9.17) is 9.47 Å². The highest BCUT2D eigenvalue weighted by atomic mass is 16.5. The van der Waals surface area contributed by atoms with Crippen molar-refractivity contribution in [2.24, 2.45) is 0 Å². The molecule has 2 aromatic rings. The minimum absolute atomic E-state index is 0.0603. The zero-order chi connectivity index (χ0) is 19.3. The summed E-state index contributed by atoms with van der Waals surface area (Å²) in [5.41, 5.74) is 1.44. The Morgan fingerprint density at radius 2 is 1.93 bits per heavy atom. The zero-order valence-corrected chi connectivity index (χ0v) is 15.5. The summed E-state index contributed by atoms with van der Waals surface area (Å²) in [6, 6.07) is 16.7. The summed E-state index contributed by atoms with van der Waals surface area (Å²) in [6.07, 6.45) is 3.72. The first kappa shape index (κ1) is 18.3. The van der Waals surface area contributed by atoms with Crippen LogP contribution in [0.1, 0.15) is 18.4 Å². The van der Waals surface area contributed by atoms with Crippen molar-refractivity contribution in [2.75, 3.05) is 24.6 Å². The average Bonchev–Trinajstić information content (AvgIpc) is 3.24. The van der Waals surface area contributed by atoms with Crippen LogP contribution in [0.15, 0.2) is 60.4 Å². The van der Waals surface area contributed by atoms with E-state index in [1.165, 1.54) is 4.90 Å². The quantitative estimate of drug-likeness (QED) is 0.813. The van der Waals surface area contributed by atoms with Gasteiger partial charge in [0.2, 0.25) is 5.91 Å². The summed E-state index contributed by atoms with van der Waals surface area (Å²) in [5, 5.41) is 2.87. The number of fused-ring (bicyclic) bond motifs is 1. The number of hydrogen-bond donors (Lipinski definition) is 1. The number of nitrogens with zero attached hydrogens (tertiary/aromatic N) is 1. The molecule has 0 saturated carbocycles. The van der Waals surface area contributed by atoms with Crippen LogP contribution in [-0.4, -0.2) is 37.6 Å². The van der Waals surface area contributed by atoms with Crippen molar-refractivity contribution in [1.29, 1.82) is 0 Å². The SMILES string of the molecule is O=C(CN1C(=O)/C(=C\c2ccccc2)Oc2ccccc21)NC[C@H]1CCCO1. The van der Waals surface area contributed by atoms with Crippen LogP contribution >= 0.6 is 0 Å². The van der Waals surface area contributed by atoms with Gasteiger partial charge in [-0.3, -0.25) is 14.5 Å². The number of carbonyl (C=O) groups excluding carboxylic acids is 2. The predicted octanol–water partition coefficient (Wildman–Crippen LogP) is 2.75. The van der Waals surface area contributed by atoms with Crippen molar-refractivity contribution in [3.8, 4) is 5.75 Å². The standard InChI is InChI=1S/C22H22N2O4/c25-21(23-14-17-9-6-12-27-17)15-24-18-10-4-5-11-19(18)28-20(22(24)26)13-16-7-2-1-3-8-16/h1-5,7-8,10-11,13,17H,6,9,12,14-15H2,(H,23,25)/b20-13+/t17-/m1/s1. The molecule has 0 aliphatic carbocycles. The highest BCUT2D eigenvalue weighted by Gasteiger charge is 2.31. The molecule has 2 heterocycles. The van der Waals surface area contributed by atoms with Crippen molar-refractivity contribution in [3.05, 3.63) is 65.9 Å². The van der Waals surface area contributed by atoms with Crippen LogP contribution in [0.25, 0.3) is 6.08 Å². The lowest BCUT2D eigenvalue weighted by molar-refractivity contribution is -0.123. The fourth-order valence-corrected chi connectivity index (χ4v) is 3.35. The van der Waals surface area contributed by atoms with Gasteiger partial charge in [-0.15, -0.1) is 0 Å². The lowest BCUT2D eigenvalue weighted by atomic mass is 10.1. The van der Waals surface area contributed by atoms with E-state index in [9.17, 15) is 9.59 Å². The second-order valence-electron chi connectivity index (χ2n) is 6.82. The molecular formula is C22H22N2O4. The summed E-state index contributed by atoms with van der Waals surface area (Å²) in [5.74, 6) is 0.183. The molecule has 0 bridgehead atoms. The molecule has 0 radical (unpaired) electrons. The zero-order valence-electron chi connectivity index (χ0n) is 15.5. The van der Waals surface area contributed by atoms with Gasteiger partial charge in [0.05, 0.1) is 11.8 Å².